The van der Waals surface area contributed by atoms with E-state index in [0.29, 0.717) is 17.9 Å². The number of methoxy groups -OCH3 is 1. The molecule has 3 aromatic rings. The summed E-state index contributed by atoms with van der Waals surface area (Å²) in [4.78, 5) is 12.1. The molecule has 0 aliphatic carbocycles. The minimum Gasteiger partial charge on any atom is -0.488 e. The smallest absolute Gasteiger partial charge is 0.336 e. The Kier molecular flexibility index (Phi) is 10.8. The molecule has 3 rings (SSSR count). The lowest BCUT2D eigenvalue weighted by atomic mass is 9.98. The quantitative estimate of drug-likeness (QED) is 0.438. The van der Waals surface area contributed by atoms with Crippen molar-refractivity contribution in [2.24, 2.45) is 0 Å². The third-order valence-corrected chi connectivity index (χ3v) is 4.26. The van der Waals surface area contributed by atoms with Crippen molar-refractivity contribution in [1.29, 1.82) is 0 Å². The van der Waals surface area contributed by atoms with Gasteiger partial charge in [0.15, 0.2) is 0 Å². The zero-order valence-electron chi connectivity index (χ0n) is 18.7. The van der Waals surface area contributed by atoms with Crippen molar-refractivity contribution in [1.82, 2.24) is 0 Å². The first-order chi connectivity index (χ1) is 14.1. The van der Waals surface area contributed by atoms with Crippen LogP contribution in [0.3, 0.4) is 0 Å². The molecule has 29 heavy (non-hydrogen) atoms. The van der Waals surface area contributed by atoms with Gasteiger partial charge in [-0.05, 0) is 36.6 Å². The predicted octanol–water partition coefficient (Wildman–Crippen LogP) is 6.62. The zero-order chi connectivity index (χ0) is 21.8. The molecule has 0 aliphatic heterocycles. The molecule has 0 N–H and O–H groups in total. The van der Waals surface area contributed by atoms with Crippen LogP contribution in [0.4, 0.5) is 0 Å². The highest BCUT2D eigenvalue weighted by atomic mass is 16.5. The Morgan fingerprint density at radius 1 is 0.966 bits per heavy atom. The average molecular weight is 399 g/mol. The summed E-state index contributed by atoms with van der Waals surface area (Å²) in [7, 11) is 1.65. The Morgan fingerprint density at radius 3 is 2.28 bits per heavy atom. The van der Waals surface area contributed by atoms with Gasteiger partial charge in [-0.15, -0.1) is 0 Å². The number of rotatable bonds is 6. The van der Waals surface area contributed by atoms with Gasteiger partial charge in [0.1, 0.15) is 17.4 Å². The van der Waals surface area contributed by atoms with Crippen LogP contribution in [0.5, 0.6) is 5.75 Å². The number of fused-ring (bicyclic) bond motifs is 1. The normalized spacial score (nSPS) is 11.0. The summed E-state index contributed by atoms with van der Waals surface area (Å²) in [6.45, 7) is 12.6. The second-order valence-electron chi connectivity index (χ2n) is 6.06. The van der Waals surface area contributed by atoms with Crippen LogP contribution < -0.4 is 10.4 Å². The lowest BCUT2D eigenvalue weighted by molar-refractivity contribution is 0.0788. The summed E-state index contributed by atoms with van der Waals surface area (Å²) in [6.07, 6.45) is 0.799. The first kappa shape index (κ1) is 24.4. The van der Waals surface area contributed by atoms with Crippen molar-refractivity contribution < 1.29 is 13.9 Å². The van der Waals surface area contributed by atoms with Gasteiger partial charge in [-0.3, -0.25) is 0 Å². The first-order valence-electron chi connectivity index (χ1n) is 10.4. The molecule has 4 nitrogen and oxygen atoms in total. The number of benzene rings is 2. The van der Waals surface area contributed by atoms with E-state index in [4.69, 9.17) is 13.9 Å². The third kappa shape index (κ3) is 6.47. The van der Waals surface area contributed by atoms with E-state index in [9.17, 15) is 4.79 Å². The SMILES string of the molecule is CC.CC.CCC(COC)Oc1ccc2c(-c3ccccc3C)cc(=O)oc2c1. The number of hydrogen-bond donors (Lipinski definition) is 0. The van der Waals surface area contributed by atoms with Gasteiger partial charge >= 0.3 is 5.63 Å². The molecule has 1 atom stereocenters. The molecule has 1 heterocycles. The molecule has 0 amide bonds. The van der Waals surface area contributed by atoms with Crippen LogP contribution in [0.1, 0.15) is 46.6 Å². The molecule has 0 fully saturated rings. The van der Waals surface area contributed by atoms with E-state index in [2.05, 4.69) is 0 Å². The number of aryl methyl sites for hydroxylation is 1. The van der Waals surface area contributed by atoms with Crippen LogP contribution in [0.15, 0.2) is 57.7 Å². The molecule has 0 spiro atoms. The van der Waals surface area contributed by atoms with Gasteiger partial charge < -0.3 is 13.9 Å². The van der Waals surface area contributed by atoms with E-state index in [-0.39, 0.29) is 11.7 Å². The fourth-order valence-electron chi connectivity index (χ4n) is 2.93. The van der Waals surface area contributed by atoms with Crippen molar-refractivity contribution in [3.8, 4) is 16.9 Å². The molecule has 158 valence electrons. The van der Waals surface area contributed by atoms with Gasteiger partial charge in [0.25, 0.3) is 0 Å². The minimum absolute atomic E-state index is 0.0336. The van der Waals surface area contributed by atoms with Gasteiger partial charge in [-0.25, -0.2) is 4.79 Å². The maximum Gasteiger partial charge on any atom is 0.336 e. The molecule has 0 radical (unpaired) electrons. The summed E-state index contributed by atoms with van der Waals surface area (Å²) in [5, 5.41) is 0.890. The average Bonchev–Trinajstić information content (AvgIpc) is 2.76. The van der Waals surface area contributed by atoms with Crippen molar-refractivity contribution in [3.63, 3.8) is 0 Å². The predicted molar refractivity (Wildman–Crippen MR) is 122 cm³/mol. The Bertz CT molecular complexity index is 927. The molecular formula is C25H34O4. The highest BCUT2D eigenvalue weighted by Gasteiger charge is 2.13. The van der Waals surface area contributed by atoms with Crippen LogP contribution in [-0.4, -0.2) is 19.8 Å². The number of ether oxygens (including phenoxy) is 2. The molecule has 0 saturated carbocycles. The van der Waals surface area contributed by atoms with Crippen LogP contribution in [0.25, 0.3) is 22.1 Å². The Labute approximate surface area is 174 Å². The summed E-state index contributed by atoms with van der Waals surface area (Å²) >= 11 is 0. The second kappa shape index (κ2) is 12.8. The second-order valence-corrected chi connectivity index (χ2v) is 6.06. The van der Waals surface area contributed by atoms with E-state index in [1.54, 1.807) is 19.2 Å². The summed E-state index contributed by atoms with van der Waals surface area (Å²) in [5.74, 6) is 0.668. The topological polar surface area (TPSA) is 48.7 Å². The number of hydrogen-bond acceptors (Lipinski definition) is 4. The molecule has 0 aliphatic rings. The lowest BCUT2D eigenvalue weighted by Gasteiger charge is -2.17. The van der Waals surface area contributed by atoms with E-state index in [0.717, 1.165) is 28.5 Å². The van der Waals surface area contributed by atoms with Crippen molar-refractivity contribution >= 4 is 11.0 Å². The molecule has 4 heteroatoms. The molecule has 0 bridgehead atoms. The van der Waals surface area contributed by atoms with E-state index in [1.165, 1.54) is 0 Å². The van der Waals surface area contributed by atoms with Crippen LogP contribution in [0, 0.1) is 6.92 Å². The maximum absolute atomic E-state index is 12.1. The standard InChI is InChI=1S/C21H22O4.2C2H6/c1-4-15(13-23-3)24-16-9-10-18-19(12-21(22)25-20(18)11-16)17-8-6-5-7-14(17)2;2*1-2/h5-12,15H,4,13H2,1-3H3;2*1-2H3. The highest BCUT2D eigenvalue weighted by molar-refractivity contribution is 5.94. The maximum atomic E-state index is 12.1. The molecule has 1 aromatic heterocycles. The Balaban J connectivity index is 0.000000989. The van der Waals surface area contributed by atoms with Crippen LogP contribution in [0.2, 0.25) is 0 Å². The van der Waals surface area contributed by atoms with Crippen molar-refractivity contribution in [2.75, 3.05) is 13.7 Å². The van der Waals surface area contributed by atoms with E-state index in [1.807, 2.05) is 77.9 Å². The van der Waals surface area contributed by atoms with Gasteiger partial charge in [0, 0.05) is 30.2 Å². The third-order valence-electron chi connectivity index (χ3n) is 4.26. The lowest BCUT2D eigenvalue weighted by Crippen LogP contribution is -2.21. The summed E-state index contributed by atoms with van der Waals surface area (Å²) in [5.41, 5.74) is 3.17. The van der Waals surface area contributed by atoms with Gasteiger partial charge in [0.2, 0.25) is 0 Å². The van der Waals surface area contributed by atoms with Gasteiger partial charge in [0.05, 0.1) is 6.61 Å². The molecule has 2 aromatic carbocycles. The fourth-order valence-corrected chi connectivity index (χ4v) is 2.93. The monoisotopic (exact) mass is 398 g/mol. The highest BCUT2D eigenvalue weighted by Crippen LogP contribution is 2.31. The largest absolute Gasteiger partial charge is 0.488 e. The van der Waals surface area contributed by atoms with E-state index >= 15 is 0 Å². The minimum atomic E-state index is -0.369. The Morgan fingerprint density at radius 2 is 1.66 bits per heavy atom. The summed E-state index contributed by atoms with van der Waals surface area (Å²) < 4.78 is 16.5. The van der Waals surface area contributed by atoms with Crippen molar-refractivity contribution in [2.45, 2.75) is 54.1 Å². The molecule has 1 unspecified atom stereocenters. The van der Waals surface area contributed by atoms with Crippen LogP contribution in [-0.2, 0) is 4.74 Å². The fraction of sp³-hybridized carbons (Fsp3) is 0.400. The van der Waals surface area contributed by atoms with Crippen molar-refractivity contribution in [3.05, 3.63) is 64.5 Å². The Hall–Kier alpha value is -2.59. The molecule has 0 saturated heterocycles. The van der Waals surface area contributed by atoms with E-state index < -0.39 is 0 Å². The molecular weight excluding hydrogens is 364 g/mol. The zero-order valence-corrected chi connectivity index (χ0v) is 18.7. The first-order valence-corrected chi connectivity index (χ1v) is 10.4. The van der Waals surface area contributed by atoms with Crippen LogP contribution >= 0.6 is 0 Å². The van der Waals surface area contributed by atoms with Gasteiger partial charge in [-0.1, -0.05) is 58.9 Å². The summed E-state index contributed by atoms with van der Waals surface area (Å²) in [6, 6.07) is 15.2. The van der Waals surface area contributed by atoms with Gasteiger partial charge in [-0.2, -0.15) is 0 Å².